The van der Waals surface area contributed by atoms with Gasteiger partial charge in [0.2, 0.25) is 5.28 Å². The van der Waals surface area contributed by atoms with Crippen molar-refractivity contribution in [3.63, 3.8) is 0 Å². The zero-order valence-corrected chi connectivity index (χ0v) is 13.6. The minimum atomic E-state index is 0.208. The molecule has 3 heterocycles. The van der Waals surface area contributed by atoms with Crippen molar-refractivity contribution in [2.24, 2.45) is 0 Å². The second kappa shape index (κ2) is 5.94. The van der Waals surface area contributed by atoms with Crippen LogP contribution in [-0.4, -0.2) is 26.7 Å². The van der Waals surface area contributed by atoms with Crippen molar-refractivity contribution in [1.82, 2.24) is 19.6 Å². The topological polar surface area (TPSA) is 52.3 Å². The summed E-state index contributed by atoms with van der Waals surface area (Å²) >= 11 is 5.99. The van der Waals surface area contributed by atoms with E-state index in [4.69, 9.17) is 21.4 Å². The third-order valence-corrected chi connectivity index (χ3v) is 3.95. The standard InChI is InChI=1S/C18H13ClN4O/c1-24-13-7-8-15-16(14-9-10-20-18(19)21-14)17(22-23(15)11-13)12-5-3-2-4-6-12/h2-11H,1H3. The first-order valence-electron chi connectivity index (χ1n) is 7.37. The number of pyridine rings is 1. The quantitative estimate of drug-likeness (QED) is 0.528. The lowest BCUT2D eigenvalue weighted by atomic mass is 10.0. The molecule has 0 saturated carbocycles. The highest BCUT2D eigenvalue weighted by Gasteiger charge is 2.18. The number of hydrogen-bond acceptors (Lipinski definition) is 4. The molecule has 0 spiro atoms. The van der Waals surface area contributed by atoms with E-state index < -0.39 is 0 Å². The second-order valence-corrected chi connectivity index (χ2v) is 5.54. The van der Waals surface area contributed by atoms with Crippen LogP contribution < -0.4 is 4.74 Å². The maximum absolute atomic E-state index is 5.99. The number of aromatic nitrogens is 4. The molecule has 0 aliphatic heterocycles. The van der Waals surface area contributed by atoms with E-state index in [-0.39, 0.29) is 5.28 Å². The molecule has 24 heavy (non-hydrogen) atoms. The maximum atomic E-state index is 5.99. The van der Waals surface area contributed by atoms with Gasteiger partial charge in [0, 0.05) is 11.8 Å². The highest BCUT2D eigenvalue weighted by molar-refractivity contribution is 6.28. The Labute approximate surface area is 143 Å². The minimum Gasteiger partial charge on any atom is -0.495 e. The van der Waals surface area contributed by atoms with Crippen molar-refractivity contribution in [3.05, 3.63) is 66.2 Å². The molecule has 0 aliphatic rings. The van der Waals surface area contributed by atoms with E-state index in [9.17, 15) is 0 Å². The van der Waals surface area contributed by atoms with Crippen LogP contribution in [-0.2, 0) is 0 Å². The Morgan fingerprint density at radius 1 is 1.04 bits per heavy atom. The van der Waals surface area contributed by atoms with E-state index in [1.54, 1.807) is 17.8 Å². The highest BCUT2D eigenvalue weighted by atomic mass is 35.5. The molecule has 1 aromatic carbocycles. The lowest BCUT2D eigenvalue weighted by molar-refractivity contribution is 0.411. The molecular formula is C18H13ClN4O. The summed E-state index contributed by atoms with van der Waals surface area (Å²) in [6.45, 7) is 0. The number of fused-ring (bicyclic) bond motifs is 1. The van der Waals surface area contributed by atoms with Crippen LogP contribution in [0.1, 0.15) is 0 Å². The van der Waals surface area contributed by atoms with Crippen LogP contribution in [0.4, 0.5) is 0 Å². The monoisotopic (exact) mass is 336 g/mol. The molecule has 0 unspecified atom stereocenters. The summed E-state index contributed by atoms with van der Waals surface area (Å²) in [6.07, 6.45) is 3.49. The Balaban J connectivity index is 2.05. The summed E-state index contributed by atoms with van der Waals surface area (Å²) in [7, 11) is 1.63. The third-order valence-electron chi connectivity index (χ3n) is 3.77. The van der Waals surface area contributed by atoms with E-state index >= 15 is 0 Å². The number of benzene rings is 1. The summed E-state index contributed by atoms with van der Waals surface area (Å²) in [5.41, 5.74) is 4.40. The first kappa shape index (κ1) is 14.7. The van der Waals surface area contributed by atoms with E-state index in [0.717, 1.165) is 33.8 Å². The third kappa shape index (κ3) is 2.49. The van der Waals surface area contributed by atoms with Gasteiger partial charge >= 0.3 is 0 Å². The average molecular weight is 337 g/mol. The molecule has 0 amide bonds. The summed E-state index contributed by atoms with van der Waals surface area (Å²) in [5.74, 6) is 0.733. The van der Waals surface area contributed by atoms with Crippen LogP contribution in [0.3, 0.4) is 0 Å². The molecule has 0 bridgehead atoms. The van der Waals surface area contributed by atoms with Crippen molar-refractivity contribution < 1.29 is 4.74 Å². The number of hydrogen-bond donors (Lipinski definition) is 0. The number of halogens is 1. The van der Waals surface area contributed by atoms with Gasteiger partial charge in [-0.3, -0.25) is 0 Å². The summed E-state index contributed by atoms with van der Waals surface area (Å²) < 4.78 is 7.09. The van der Waals surface area contributed by atoms with Gasteiger partial charge in [0.25, 0.3) is 0 Å². The molecule has 4 rings (SSSR count). The van der Waals surface area contributed by atoms with Gasteiger partial charge in [-0.2, -0.15) is 5.10 Å². The predicted octanol–water partition coefficient (Wildman–Crippen LogP) is 4.12. The number of ether oxygens (including phenoxy) is 1. The predicted molar refractivity (Wildman–Crippen MR) is 93.2 cm³/mol. The Bertz CT molecular complexity index is 1010. The molecule has 0 radical (unpaired) electrons. The summed E-state index contributed by atoms with van der Waals surface area (Å²) in [6, 6.07) is 15.7. The summed E-state index contributed by atoms with van der Waals surface area (Å²) in [5, 5.41) is 4.94. The van der Waals surface area contributed by atoms with E-state index in [2.05, 4.69) is 9.97 Å². The Morgan fingerprint density at radius 3 is 2.62 bits per heavy atom. The van der Waals surface area contributed by atoms with Crippen molar-refractivity contribution in [2.45, 2.75) is 0 Å². The molecule has 3 aromatic heterocycles. The van der Waals surface area contributed by atoms with Crippen LogP contribution in [0.25, 0.3) is 28.0 Å². The SMILES string of the molecule is COc1ccc2c(-c3ccnc(Cl)n3)c(-c3ccccc3)nn2c1. The summed E-state index contributed by atoms with van der Waals surface area (Å²) in [4.78, 5) is 8.33. The number of methoxy groups -OCH3 is 1. The fourth-order valence-electron chi connectivity index (χ4n) is 2.68. The zero-order chi connectivity index (χ0) is 16.5. The lowest BCUT2D eigenvalue weighted by Crippen LogP contribution is -1.90. The number of nitrogens with zero attached hydrogens (tertiary/aromatic N) is 4. The van der Waals surface area contributed by atoms with Gasteiger partial charge in [0.15, 0.2) is 0 Å². The minimum absolute atomic E-state index is 0.208. The van der Waals surface area contributed by atoms with Gasteiger partial charge in [-0.15, -0.1) is 0 Å². The fraction of sp³-hybridized carbons (Fsp3) is 0.0556. The van der Waals surface area contributed by atoms with Gasteiger partial charge < -0.3 is 4.74 Å². The largest absolute Gasteiger partial charge is 0.495 e. The maximum Gasteiger partial charge on any atom is 0.222 e. The van der Waals surface area contributed by atoms with Crippen LogP contribution in [0, 0.1) is 0 Å². The molecule has 4 aromatic rings. The average Bonchev–Trinajstić information content (AvgIpc) is 3.01. The number of rotatable bonds is 3. The second-order valence-electron chi connectivity index (χ2n) is 5.20. The van der Waals surface area contributed by atoms with Gasteiger partial charge in [0.05, 0.1) is 30.1 Å². The molecule has 118 valence electrons. The van der Waals surface area contributed by atoms with Crippen molar-refractivity contribution in [3.8, 4) is 28.3 Å². The highest BCUT2D eigenvalue weighted by Crippen LogP contribution is 2.34. The first-order chi connectivity index (χ1) is 11.8. The Kier molecular flexibility index (Phi) is 3.63. The van der Waals surface area contributed by atoms with E-state index in [0.29, 0.717) is 0 Å². The van der Waals surface area contributed by atoms with E-state index in [1.807, 2.05) is 54.7 Å². The molecule has 0 atom stereocenters. The van der Waals surface area contributed by atoms with Crippen LogP contribution in [0.2, 0.25) is 5.28 Å². The first-order valence-corrected chi connectivity index (χ1v) is 7.75. The van der Waals surface area contributed by atoms with Gasteiger partial charge in [-0.25, -0.2) is 14.5 Å². The van der Waals surface area contributed by atoms with Crippen molar-refractivity contribution >= 4 is 17.1 Å². The van der Waals surface area contributed by atoms with Gasteiger partial charge in [-0.05, 0) is 29.8 Å². The Hall–Kier alpha value is -2.92. The van der Waals surface area contributed by atoms with Gasteiger partial charge in [0.1, 0.15) is 11.4 Å². The molecule has 0 aliphatic carbocycles. The van der Waals surface area contributed by atoms with Crippen LogP contribution in [0.5, 0.6) is 5.75 Å². The molecule has 6 heteroatoms. The molecule has 0 saturated heterocycles. The van der Waals surface area contributed by atoms with Gasteiger partial charge in [-0.1, -0.05) is 30.3 Å². The van der Waals surface area contributed by atoms with Crippen LogP contribution in [0.15, 0.2) is 60.9 Å². The molecule has 0 N–H and O–H groups in total. The molecule has 0 fully saturated rings. The molecule has 5 nitrogen and oxygen atoms in total. The van der Waals surface area contributed by atoms with E-state index in [1.165, 1.54) is 0 Å². The normalized spacial score (nSPS) is 10.9. The smallest absolute Gasteiger partial charge is 0.222 e. The fourth-order valence-corrected chi connectivity index (χ4v) is 2.82. The van der Waals surface area contributed by atoms with Crippen molar-refractivity contribution in [1.29, 1.82) is 0 Å². The Morgan fingerprint density at radius 2 is 1.88 bits per heavy atom. The van der Waals surface area contributed by atoms with Crippen molar-refractivity contribution in [2.75, 3.05) is 7.11 Å². The zero-order valence-electron chi connectivity index (χ0n) is 12.8. The lowest BCUT2D eigenvalue weighted by Gasteiger charge is -2.03. The van der Waals surface area contributed by atoms with Crippen LogP contribution >= 0.6 is 11.6 Å². The molecular weight excluding hydrogens is 324 g/mol.